The number of benzene rings is 1. The van der Waals surface area contributed by atoms with E-state index in [1.54, 1.807) is 23.7 Å². The first-order valence-electron chi connectivity index (χ1n) is 8.76. The van der Waals surface area contributed by atoms with Crippen LogP contribution in [0, 0.1) is 6.92 Å². The smallest absolute Gasteiger partial charge is 0.410 e. The van der Waals surface area contributed by atoms with Crippen LogP contribution in [0.1, 0.15) is 26.3 Å². The summed E-state index contributed by atoms with van der Waals surface area (Å²) in [5.74, 6) is 0.841. The molecule has 1 aliphatic rings. The molecule has 0 atom stereocenters. The fraction of sp³-hybridized carbons (Fsp3) is 0.632. The van der Waals surface area contributed by atoms with Crippen molar-refractivity contribution in [3.05, 3.63) is 23.8 Å². The molecule has 0 N–H and O–H groups in total. The second-order valence-corrected chi connectivity index (χ2v) is 8.44. The first kappa shape index (κ1) is 19.9. The van der Waals surface area contributed by atoms with Crippen molar-refractivity contribution < 1.29 is 14.3 Å². The Morgan fingerprint density at radius 3 is 2.60 bits per heavy atom. The molecule has 1 aromatic rings. The van der Waals surface area contributed by atoms with Crippen LogP contribution < -0.4 is 4.90 Å². The lowest BCUT2D eigenvalue weighted by atomic mass is 10.2. The number of ether oxygens (including phenoxy) is 2. The third kappa shape index (κ3) is 6.44. The van der Waals surface area contributed by atoms with E-state index in [1.807, 2.05) is 20.8 Å². The molecular weight excluding hydrogens is 336 g/mol. The van der Waals surface area contributed by atoms with Crippen molar-refractivity contribution in [2.45, 2.75) is 38.2 Å². The number of hydrogen-bond acceptors (Lipinski definition) is 5. The number of carbonyl (C=O) groups is 1. The molecule has 0 aromatic heterocycles. The molecule has 0 bridgehead atoms. The molecule has 0 spiro atoms. The number of carbonyl (C=O) groups excluding carboxylic acids is 1. The summed E-state index contributed by atoms with van der Waals surface area (Å²) in [4.78, 5) is 17.2. The molecule has 25 heavy (non-hydrogen) atoms. The van der Waals surface area contributed by atoms with E-state index in [-0.39, 0.29) is 6.09 Å². The van der Waals surface area contributed by atoms with Gasteiger partial charge < -0.3 is 19.3 Å². The fourth-order valence-electron chi connectivity index (χ4n) is 2.54. The predicted octanol–water partition coefficient (Wildman–Crippen LogP) is 3.79. The zero-order valence-electron chi connectivity index (χ0n) is 16.0. The molecule has 1 amide bonds. The number of rotatable bonds is 5. The maximum absolute atomic E-state index is 12.0. The van der Waals surface area contributed by atoms with E-state index < -0.39 is 5.60 Å². The van der Waals surface area contributed by atoms with E-state index in [1.165, 1.54) is 16.1 Å². The van der Waals surface area contributed by atoms with Crippen molar-refractivity contribution in [1.29, 1.82) is 0 Å². The number of hydrogen-bond donors (Lipinski definition) is 0. The van der Waals surface area contributed by atoms with Gasteiger partial charge in [-0.2, -0.15) is 0 Å². The number of nitrogens with zero attached hydrogens (tertiary/aromatic N) is 2. The maximum atomic E-state index is 12.0. The molecule has 1 aliphatic heterocycles. The molecule has 140 valence electrons. The standard InChI is InChI=1S/C19H30N2O3S/c1-15-14-16(21-8-11-23-12-9-21)6-7-17(15)25-13-10-20(5)18(22)24-19(2,3)4/h6-7,14H,8-13H2,1-5H3. The van der Waals surface area contributed by atoms with Crippen LogP contribution in [-0.2, 0) is 9.47 Å². The van der Waals surface area contributed by atoms with Gasteiger partial charge in [0.05, 0.1) is 13.2 Å². The van der Waals surface area contributed by atoms with Crippen LogP contribution in [0.2, 0.25) is 0 Å². The number of morpholine rings is 1. The van der Waals surface area contributed by atoms with E-state index in [9.17, 15) is 4.79 Å². The van der Waals surface area contributed by atoms with Gasteiger partial charge >= 0.3 is 6.09 Å². The molecule has 0 aliphatic carbocycles. The number of anilines is 1. The number of aryl methyl sites for hydroxylation is 1. The lowest BCUT2D eigenvalue weighted by Gasteiger charge is -2.29. The van der Waals surface area contributed by atoms with E-state index >= 15 is 0 Å². The van der Waals surface area contributed by atoms with Gasteiger partial charge in [-0.3, -0.25) is 0 Å². The Hall–Kier alpha value is -1.40. The van der Waals surface area contributed by atoms with Crippen LogP contribution in [0.5, 0.6) is 0 Å². The highest BCUT2D eigenvalue weighted by Crippen LogP contribution is 2.27. The minimum Gasteiger partial charge on any atom is -0.444 e. The molecule has 1 aromatic carbocycles. The SMILES string of the molecule is Cc1cc(N2CCOCC2)ccc1SCCN(C)C(=O)OC(C)(C)C. The van der Waals surface area contributed by atoms with E-state index in [2.05, 4.69) is 30.0 Å². The van der Waals surface area contributed by atoms with Crippen LogP contribution >= 0.6 is 11.8 Å². The molecule has 2 rings (SSSR count). The summed E-state index contributed by atoms with van der Waals surface area (Å²) in [6, 6.07) is 6.60. The summed E-state index contributed by atoms with van der Waals surface area (Å²) < 4.78 is 10.8. The van der Waals surface area contributed by atoms with Crippen LogP contribution in [0.15, 0.2) is 23.1 Å². The summed E-state index contributed by atoms with van der Waals surface area (Å²) in [6.45, 7) is 11.9. The Kier molecular flexibility index (Phi) is 7.02. The third-order valence-corrected chi connectivity index (χ3v) is 5.08. The molecule has 0 unspecified atom stereocenters. The van der Waals surface area contributed by atoms with Gasteiger partial charge in [0.15, 0.2) is 0 Å². The largest absolute Gasteiger partial charge is 0.444 e. The quantitative estimate of drug-likeness (QED) is 0.742. The van der Waals surface area contributed by atoms with Gasteiger partial charge in [-0.25, -0.2) is 4.79 Å². The second-order valence-electron chi connectivity index (χ2n) is 7.30. The molecule has 1 saturated heterocycles. The molecular formula is C19H30N2O3S. The summed E-state index contributed by atoms with van der Waals surface area (Å²) >= 11 is 1.77. The average molecular weight is 367 g/mol. The van der Waals surface area contributed by atoms with Crippen LogP contribution in [0.25, 0.3) is 0 Å². The minimum atomic E-state index is -0.454. The summed E-state index contributed by atoms with van der Waals surface area (Å²) in [6.07, 6.45) is -0.271. The zero-order valence-corrected chi connectivity index (χ0v) is 16.8. The number of thioether (sulfide) groups is 1. The van der Waals surface area contributed by atoms with Gasteiger partial charge in [-0.1, -0.05) is 0 Å². The topological polar surface area (TPSA) is 42.0 Å². The van der Waals surface area contributed by atoms with E-state index in [4.69, 9.17) is 9.47 Å². The number of amides is 1. The van der Waals surface area contributed by atoms with Crippen molar-refractivity contribution in [3.63, 3.8) is 0 Å². The minimum absolute atomic E-state index is 0.271. The van der Waals surface area contributed by atoms with Crippen LogP contribution in [0.4, 0.5) is 10.5 Å². The Morgan fingerprint density at radius 2 is 2.00 bits per heavy atom. The maximum Gasteiger partial charge on any atom is 0.410 e. The van der Waals surface area contributed by atoms with Crippen LogP contribution in [-0.4, -0.2) is 62.2 Å². The lowest BCUT2D eigenvalue weighted by molar-refractivity contribution is 0.0309. The summed E-state index contributed by atoms with van der Waals surface area (Å²) in [7, 11) is 1.78. The van der Waals surface area contributed by atoms with Crippen molar-refractivity contribution >= 4 is 23.5 Å². The molecule has 5 nitrogen and oxygen atoms in total. The second kappa shape index (κ2) is 8.81. The predicted molar refractivity (Wildman–Crippen MR) is 104 cm³/mol. The Bertz CT molecular complexity index is 581. The van der Waals surface area contributed by atoms with Crippen molar-refractivity contribution in [1.82, 2.24) is 4.90 Å². The van der Waals surface area contributed by atoms with E-state index in [0.717, 1.165) is 32.1 Å². The highest BCUT2D eigenvalue weighted by Gasteiger charge is 2.19. The first-order valence-corrected chi connectivity index (χ1v) is 9.75. The third-order valence-electron chi connectivity index (χ3n) is 3.92. The van der Waals surface area contributed by atoms with Crippen molar-refractivity contribution in [2.75, 3.05) is 50.5 Å². The van der Waals surface area contributed by atoms with Gasteiger partial charge in [0.1, 0.15) is 5.60 Å². The van der Waals surface area contributed by atoms with Crippen molar-refractivity contribution in [3.8, 4) is 0 Å². The molecule has 1 fully saturated rings. The highest BCUT2D eigenvalue weighted by atomic mass is 32.2. The zero-order chi connectivity index (χ0) is 18.4. The summed E-state index contributed by atoms with van der Waals surface area (Å²) in [5.41, 5.74) is 2.08. The van der Waals surface area contributed by atoms with E-state index in [0.29, 0.717) is 6.54 Å². The Balaban J connectivity index is 1.83. The monoisotopic (exact) mass is 366 g/mol. The molecule has 6 heteroatoms. The van der Waals surface area contributed by atoms with Gasteiger partial charge in [0, 0.05) is 43.0 Å². The van der Waals surface area contributed by atoms with Gasteiger partial charge in [0.2, 0.25) is 0 Å². The Labute approximate surface area is 155 Å². The summed E-state index contributed by atoms with van der Waals surface area (Å²) in [5, 5.41) is 0. The Morgan fingerprint density at radius 1 is 1.32 bits per heavy atom. The molecule has 1 heterocycles. The van der Waals surface area contributed by atoms with Gasteiger partial charge in [-0.05, 0) is 51.5 Å². The average Bonchev–Trinajstić information content (AvgIpc) is 2.55. The van der Waals surface area contributed by atoms with Gasteiger partial charge in [-0.15, -0.1) is 11.8 Å². The highest BCUT2D eigenvalue weighted by molar-refractivity contribution is 7.99. The fourth-order valence-corrected chi connectivity index (χ4v) is 3.57. The normalized spacial score (nSPS) is 15.2. The molecule has 0 saturated carbocycles. The van der Waals surface area contributed by atoms with Crippen molar-refractivity contribution in [2.24, 2.45) is 0 Å². The lowest BCUT2D eigenvalue weighted by Crippen LogP contribution is -2.36. The first-order chi connectivity index (χ1) is 11.8. The molecule has 0 radical (unpaired) electrons. The van der Waals surface area contributed by atoms with Crippen LogP contribution in [0.3, 0.4) is 0 Å². The van der Waals surface area contributed by atoms with Gasteiger partial charge in [0.25, 0.3) is 0 Å².